The van der Waals surface area contributed by atoms with Gasteiger partial charge in [0.25, 0.3) is 11.6 Å². The van der Waals surface area contributed by atoms with Crippen molar-refractivity contribution in [3.63, 3.8) is 0 Å². The number of nitrogens with zero attached hydrogens (tertiary/aromatic N) is 2. The van der Waals surface area contributed by atoms with Crippen molar-refractivity contribution in [2.45, 2.75) is 33.1 Å². The van der Waals surface area contributed by atoms with Gasteiger partial charge in [-0.25, -0.2) is 5.43 Å². The van der Waals surface area contributed by atoms with Gasteiger partial charge in [0.15, 0.2) is 0 Å². The van der Waals surface area contributed by atoms with Crippen LogP contribution in [0, 0.1) is 15.5 Å². The molecule has 1 aromatic carbocycles. The van der Waals surface area contributed by atoms with E-state index in [1.165, 1.54) is 24.3 Å². The molecule has 0 bridgehead atoms. The van der Waals surface area contributed by atoms with E-state index < -0.39 is 10.8 Å². The van der Waals surface area contributed by atoms with Gasteiger partial charge in [0.05, 0.1) is 4.92 Å². The Bertz CT molecular complexity index is 665. The van der Waals surface area contributed by atoms with E-state index >= 15 is 0 Å². The van der Waals surface area contributed by atoms with E-state index in [2.05, 4.69) is 10.5 Å². The predicted octanol–water partition coefficient (Wildman–Crippen LogP) is 2.46. The van der Waals surface area contributed by atoms with E-state index in [9.17, 15) is 19.7 Å². The lowest BCUT2D eigenvalue weighted by atomic mass is 9.76. The molecule has 0 radical (unpaired) electrons. The molecule has 0 spiro atoms. The maximum absolute atomic E-state index is 12.0. The normalized spacial score (nSPS) is 19.0. The fourth-order valence-corrected chi connectivity index (χ4v) is 2.54. The largest absolute Gasteiger partial charge is 0.299 e. The Morgan fingerprint density at radius 3 is 2.73 bits per heavy atom. The van der Waals surface area contributed by atoms with E-state index in [0.29, 0.717) is 18.6 Å². The highest BCUT2D eigenvalue weighted by atomic mass is 16.6. The molecule has 1 aliphatic rings. The summed E-state index contributed by atoms with van der Waals surface area (Å²) in [6, 6.07) is 5.41. The Morgan fingerprint density at radius 1 is 1.36 bits per heavy atom. The summed E-state index contributed by atoms with van der Waals surface area (Å²) in [6.45, 7) is 3.95. The molecule has 1 aromatic rings. The van der Waals surface area contributed by atoms with Gasteiger partial charge in [-0.15, -0.1) is 0 Å². The van der Waals surface area contributed by atoms with Crippen LogP contribution in [0.1, 0.15) is 43.5 Å². The second kappa shape index (κ2) is 6.05. The van der Waals surface area contributed by atoms with Crippen LogP contribution < -0.4 is 5.43 Å². The van der Waals surface area contributed by atoms with Crippen LogP contribution in [0.2, 0.25) is 0 Å². The molecule has 1 fully saturated rings. The van der Waals surface area contributed by atoms with E-state index in [-0.39, 0.29) is 28.9 Å². The Hall–Kier alpha value is -2.57. The Kier molecular flexibility index (Phi) is 4.35. The highest BCUT2D eigenvalue weighted by Gasteiger charge is 2.30. The molecule has 1 aliphatic carbocycles. The fraction of sp³-hybridized carbons (Fsp3) is 0.400. The number of carbonyl (C=O) groups is 2. The summed E-state index contributed by atoms with van der Waals surface area (Å²) in [7, 11) is 0. The zero-order valence-electron chi connectivity index (χ0n) is 12.5. The first-order valence-corrected chi connectivity index (χ1v) is 6.89. The molecule has 116 valence electrons. The minimum Gasteiger partial charge on any atom is -0.299 e. The van der Waals surface area contributed by atoms with Crippen LogP contribution in [-0.2, 0) is 4.79 Å². The molecule has 0 unspecified atom stereocenters. The number of non-ortho nitro benzene ring substituents is 1. The predicted molar refractivity (Wildman–Crippen MR) is 80.6 cm³/mol. The monoisotopic (exact) mass is 303 g/mol. The summed E-state index contributed by atoms with van der Waals surface area (Å²) in [6.07, 6.45) is 1.37. The van der Waals surface area contributed by atoms with Gasteiger partial charge in [0, 0.05) is 36.2 Å². The van der Waals surface area contributed by atoms with Crippen molar-refractivity contribution in [2.24, 2.45) is 10.5 Å². The van der Waals surface area contributed by atoms with Crippen molar-refractivity contribution in [1.29, 1.82) is 0 Å². The molecule has 0 atom stereocenters. The lowest BCUT2D eigenvalue weighted by Crippen LogP contribution is -2.31. The lowest BCUT2D eigenvalue weighted by Gasteiger charge is -2.28. The molecular weight excluding hydrogens is 286 g/mol. The van der Waals surface area contributed by atoms with Gasteiger partial charge in [0.2, 0.25) is 0 Å². The number of ketones is 1. The summed E-state index contributed by atoms with van der Waals surface area (Å²) < 4.78 is 0. The molecule has 1 N–H and O–H groups in total. The molecule has 7 heteroatoms. The smallest absolute Gasteiger partial charge is 0.271 e. The summed E-state index contributed by atoms with van der Waals surface area (Å²) >= 11 is 0. The summed E-state index contributed by atoms with van der Waals surface area (Å²) in [4.78, 5) is 33.8. The SMILES string of the molecule is CC1(C)CC(=O)C/C(=N\NC(=O)c2cccc([N+](=O)[O-])c2)C1. The Morgan fingerprint density at radius 2 is 2.09 bits per heavy atom. The number of nitrogens with one attached hydrogen (secondary N) is 1. The van der Waals surface area contributed by atoms with Crippen LogP contribution in [0.3, 0.4) is 0 Å². The molecule has 0 aromatic heterocycles. The molecule has 0 heterocycles. The Labute approximate surface area is 127 Å². The minimum atomic E-state index is -0.564. The van der Waals surface area contributed by atoms with E-state index in [4.69, 9.17) is 0 Å². The van der Waals surface area contributed by atoms with Gasteiger partial charge in [-0.1, -0.05) is 19.9 Å². The summed E-state index contributed by atoms with van der Waals surface area (Å²) in [5, 5.41) is 14.7. The van der Waals surface area contributed by atoms with Crippen molar-refractivity contribution < 1.29 is 14.5 Å². The standard InChI is InChI=1S/C15H17N3O4/c1-15(2)8-11(7-13(19)9-15)16-17-14(20)10-4-3-5-12(6-10)18(21)22/h3-6H,7-9H2,1-2H3,(H,17,20)/b16-11+. The number of rotatable bonds is 3. The number of Topliss-reactive ketones (excluding diaryl/α,β-unsaturated/α-hetero) is 1. The van der Waals surface area contributed by atoms with Crippen molar-refractivity contribution in [3.05, 3.63) is 39.9 Å². The number of nitro groups is 1. The number of hydrogen-bond donors (Lipinski definition) is 1. The molecule has 1 amide bonds. The van der Waals surface area contributed by atoms with Crippen molar-refractivity contribution >= 4 is 23.1 Å². The first-order chi connectivity index (χ1) is 10.3. The summed E-state index contributed by atoms with van der Waals surface area (Å²) in [5.74, 6) is -0.438. The molecule has 0 saturated heterocycles. The molecular formula is C15H17N3O4. The van der Waals surface area contributed by atoms with Crippen LogP contribution in [-0.4, -0.2) is 22.3 Å². The maximum atomic E-state index is 12.0. The van der Waals surface area contributed by atoms with Gasteiger partial charge in [0.1, 0.15) is 5.78 Å². The third kappa shape index (κ3) is 3.97. The fourth-order valence-electron chi connectivity index (χ4n) is 2.54. The highest BCUT2D eigenvalue weighted by Crippen LogP contribution is 2.31. The molecule has 0 aliphatic heterocycles. The van der Waals surface area contributed by atoms with Crippen molar-refractivity contribution in [3.8, 4) is 0 Å². The van der Waals surface area contributed by atoms with Gasteiger partial charge in [-0.2, -0.15) is 5.10 Å². The molecule has 2 rings (SSSR count). The van der Waals surface area contributed by atoms with Crippen LogP contribution >= 0.6 is 0 Å². The summed E-state index contributed by atoms with van der Waals surface area (Å²) in [5.41, 5.74) is 2.82. The lowest BCUT2D eigenvalue weighted by molar-refractivity contribution is -0.384. The van der Waals surface area contributed by atoms with Crippen LogP contribution in [0.5, 0.6) is 0 Å². The van der Waals surface area contributed by atoms with Crippen molar-refractivity contribution in [1.82, 2.24) is 5.43 Å². The second-order valence-corrected chi connectivity index (χ2v) is 6.16. The maximum Gasteiger partial charge on any atom is 0.271 e. The molecule has 7 nitrogen and oxygen atoms in total. The first-order valence-electron chi connectivity index (χ1n) is 6.89. The van der Waals surface area contributed by atoms with Crippen molar-refractivity contribution in [2.75, 3.05) is 0 Å². The second-order valence-electron chi connectivity index (χ2n) is 6.16. The third-order valence-corrected chi connectivity index (χ3v) is 3.39. The quantitative estimate of drug-likeness (QED) is 0.684. The molecule has 1 saturated carbocycles. The topological polar surface area (TPSA) is 102 Å². The van der Waals surface area contributed by atoms with Crippen LogP contribution in [0.15, 0.2) is 29.4 Å². The first kappa shape index (κ1) is 15.8. The van der Waals surface area contributed by atoms with Gasteiger partial charge < -0.3 is 0 Å². The number of nitro benzene ring substituents is 1. The van der Waals surface area contributed by atoms with Gasteiger partial charge in [-0.05, 0) is 17.9 Å². The van der Waals surface area contributed by atoms with Gasteiger partial charge in [-0.3, -0.25) is 19.7 Å². The van der Waals surface area contributed by atoms with E-state index in [1.807, 2.05) is 13.8 Å². The zero-order valence-corrected chi connectivity index (χ0v) is 12.5. The number of benzene rings is 1. The number of amides is 1. The Balaban J connectivity index is 2.09. The van der Waals surface area contributed by atoms with E-state index in [1.54, 1.807) is 0 Å². The molecule has 22 heavy (non-hydrogen) atoms. The minimum absolute atomic E-state index is 0.0968. The number of carbonyl (C=O) groups excluding carboxylic acids is 2. The number of hydrogen-bond acceptors (Lipinski definition) is 5. The average Bonchev–Trinajstić information content (AvgIpc) is 2.42. The average molecular weight is 303 g/mol. The number of hydrazone groups is 1. The van der Waals surface area contributed by atoms with Crippen LogP contribution in [0.4, 0.5) is 5.69 Å². The zero-order chi connectivity index (χ0) is 16.3. The van der Waals surface area contributed by atoms with Gasteiger partial charge >= 0.3 is 0 Å². The third-order valence-electron chi connectivity index (χ3n) is 3.39. The van der Waals surface area contributed by atoms with E-state index in [0.717, 1.165) is 0 Å². The highest BCUT2D eigenvalue weighted by molar-refractivity contribution is 6.05. The van der Waals surface area contributed by atoms with Crippen LogP contribution in [0.25, 0.3) is 0 Å².